The third-order valence-corrected chi connectivity index (χ3v) is 6.15. The smallest absolute Gasteiger partial charge is 0.223 e. The van der Waals surface area contributed by atoms with Crippen LogP contribution >= 0.6 is 11.8 Å². The van der Waals surface area contributed by atoms with E-state index in [9.17, 15) is 4.79 Å². The first kappa shape index (κ1) is 24.6. The van der Waals surface area contributed by atoms with E-state index in [2.05, 4.69) is 75.7 Å². The van der Waals surface area contributed by atoms with Crippen LogP contribution in [0.15, 0.2) is 41.3 Å². The van der Waals surface area contributed by atoms with Crippen molar-refractivity contribution in [3.63, 3.8) is 0 Å². The second kappa shape index (κ2) is 13.7. The van der Waals surface area contributed by atoms with Crippen molar-refractivity contribution in [2.24, 2.45) is 5.92 Å². The van der Waals surface area contributed by atoms with Crippen molar-refractivity contribution in [3.8, 4) is 0 Å². The molecule has 1 amide bonds. The summed E-state index contributed by atoms with van der Waals surface area (Å²) < 4.78 is 0. The van der Waals surface area contributed by atoms with Gasteiger partial charge in [-0.2, -0.15) is 0 Å². The van der Waals surface area contributed by atoms with Crippen LogP contribution in [0.5, 0.6) is 0 Å². The number of benzene rings is 1. The summed E-state index contributed by atoms with van der Waals surface area (Å²) in [6.45, 7) is 12.8. The van der Waals surface area contributed by atoms with Crippen LogP contribution < -0.4 is 5.32 Å². The first-order valence-corrected chi connectivity index (χ1v) is 11.7. The normalized spacial score (nSPS) is 13.4. The van der Waals surface area contributed by atoms with E-state index in [0.29, 0.717) is 0 Å². The predicted molar refractivity (Wildman–Crippen MR) is 126 cm³/mol. The molecule has 0 aliphatic rings. The number of hydrogen-bond acceptors (Lipinski definition) is 2. The molecule has 3 heteroatoms. The molecule has 0 fully saturated rings. The fraction of sp³-hybridized carbons (Fsp3) is 0.560. The van der Waals surface area contributed by atoms with Crippen molar-refractivity contribution in [3.05, 3.63) is 52.4 Å². The molecule has 0 saturated heterocycles. The molecule has 2 atom stereocenters. The maximum absolute atomic E-state index is 12.5. The summed E-state index contributed by atoms with van der Waals surface area (Å²) in [6.07, 6.45) is 9.07. The van der Waals surface area contributed by atoms with Gasteiger partial charge in [-0.3, -0.25) is 4.79 Å². The van der Waals surface area contributed by atoms with E-state index in [4.69, 9.17) is 0 Å². The van der Waals surface area contributed by atoms with Gasteiger partial charge in [0.05, 0.1) is 6.04 Å². The third kappa shape index (κ3) is 8.68. The van der Waals surface area contributed by atoms with E-state index in [1.54, 1.807) is 11.8 Å². The Balaban J connectivity index is 2.67. The van der Waals surface area contributed by atoms with Crippen LogP contribution in [0.2, 0.25) is 0 Å². The zero-order chi connectivity index (χ0) is 20.9. The zero-order valence-electron chi connectivity index (χ0n) is 18.7. The Hall–Kier alpha value is -1.48. The molecule has 0 radical (unpaired) electrons. The van der Waals surface area contributed by atoms with Gasteiger partial charge in [-0.15, -0.1) is 0 Å². The number of amides is 1. The molecule has 0 heterocycles. The van der Waals surface area contributed by atoms with Gasteiger partial charge in [0.25, 0.3) is 0 Å². The van der Waals surface area contributed by atoms with Crippen molar-refractivity contribution in [2.45, 2.75) is 86.1 Å². The largest absolute Gasteiger partial charge is 0.349 e. The lowest BCUT2D eigenvalue weighted by Crippen LogP contribution is -2.31. The SMILES string of the molecule is CC/C=C\SC(=C(C)C)c1ccc(C(C)NC(=O)C(C)CCCCCC)cc1. The van der Waals surface area contributed by atoms with Gasteiger partial charge in [0.1, 0.15) is 0 Å². The maximum Gasteiger partial charge on any atom is 0.223 e. The molecule has 0 saturated carbocycles. The maximum atomic E-state index is 12.5. The van der Waals surface area contributed by atoms with Gasteiger partial charge in [-0.05, 0) is 50.1 Å². The average Bonchev–Trinajstić information content (AvgIpc) is 2.68. The minimum atomic E-state index is 0.0300. The molecule has 2 nitrogen and oxygen atoms in total. The number of carbonyl (C=O) groups excluding carboxylic acids is 1. The summed E-state index contributed by atoms with van der Waals surface area (Å²) in [7, 11) is 0. The molecular weight excluding hydrogens is 362 g/mol. The van der Waals surface area contributed by atoms with Crippen molar-refractivity contribution < 1.29 is 4.79 Å². The number of thioether (sulfide) groups is 1. The second-order valence-electron chi connectivity index (χ2n) is 7.83. The monoisotopic (exact) mass is 401 g/mol. The molecule has 1 N–H and O–H groups in total. The van der Waals surface area contributed by atoms with E-state index in [0.717, 1.165) is 24.8 Å². The first-order chi connectivity index (χ1) is 13.4. The highest BCUT2D eigenvalue weighted by Crippen LogP contribution is 2.32. The molecule has 1 aromatic rings. The van der Waals surface area contributed by atoms with E-state index in [-0.39, 0.29) is 17.9 Å². The lowest BCUT2D eigenvalue weighted by molar-refractivity contribution is -0.125. The molecule has 28 heavy (non-hydrogen) atoms. The number of allylic oxidation sites excluding steroid dienone is 2. The second-order valence-corrected chi connectivity index (χ2v) is 8.75. The van der Waals surface area contributed by atoms with E-state index < -0.39 is 0 Å². The third-order valence-electron chi connectivity index (χ3n) is 4.94. The Kier molecular flexibility index (Phi) is 12.0. The van der Waals surface area contributed by atoms with Crippen LogP contribution in [0.25, 0.3) is 4.91 Å². The van der Waals surface area contributed by atoms with Crippen LogP contribution in [0.4, 0.5) is 0 Å². The van der Waals surface area contributed by atoms with Gasteiger partial charge in [-0.1, -0.05) is 94.1 Å². The molecule has 0 aliphatic carbocycles. The molecule has 1 aromatic carbocycles. The van der Waals surface area contributed by atoms with Crippen LogP contribution in [0, 0.1) is 5.92 Å². The lowest BCUT2D eigenvalue weighted by Gasteiger charge is -2.18. The fourth-order valence-electron chi connectivity index (χ4n) is 3.06. The Morgan fingerprint density at radius 1 is 1.07 bits per heavy atom. The number of hydrogen-bond donors (Lipinski definition) is 1. The van der Waals surface area contributed by atoms with E-state index in [1.807, 2.05) is 6.92 Å². The zero-order valence-corrected chi connectivity index (χ0v) is 19.5. The summed E-state index contributed by atoms with van der Waals surface area (Å²) in [5, 5.41) is 5.35. The van der Waals surface area contributed by atoms with Gasteiger partial charge < -0.3 is 5.32 Å². The van der Waals surface area contributed by atoms with Crippen molar-refractivity contribution in [1.29, 1.82) is 0 Å². The highest BCUT2D eigenvalue weighted by molar-refractivity contribution is 8.10. The molecular formula is C25H39NOS. The van der Waals surface area contributed by atoms with E-state index in [1.165, 1.54) is 35.3 Å². The van der Waals surface area contributed by atoms with Crippen LogP contribution in [0.3, 0.4) is 0 Å². The van der Waals surface area contributed by atoms with E-state index >= 15 is 0 Å². The number of rotatable bonds is 12. The summed E-state index contributed by atoms with van der Waals surface area (Å²) >= 11 is 1.78. The van der Waals surface area contributed by atoms with Gasteiger partial charge in [0, 0.05) is 10.8 Å². The minimum absolute atomic E-state index is 0.0300. The number of nitrogens with one attached hydrogen (secondary N) is 1. The highest BCUT2D eigenvalue weighted by atomic mass is 32.2. The molecule has 0 spiro atoms. The lowest BCUT2D eigenvalue weighted by atomic mass is 10.00. The first-order valence-electron chi connectivity index (χ1n) is 10.8. The Bertz CT molecular complexity index is 641. The van der Waals surface area contributed by atoms with Gasteiger partial charge in [0.2, 0.25) is 5.91 Å². The van der Waals surface area contributed by atoms with Gasteiger partial charge in [-0.25, -0.2) is 0 Å². The molecule has 0 aliphatic heterocycles. The summed E-state index contributed by atoms with van der Waals surface area (Å²) in [4.78, 5) is 13.8. The molecule has 156 valence electrons. The fourth-order valence-corrected chi connectivity index (χ4v) is 3.99. The van der Waals surface area contributed by atoms with Crippen LogP contribution in [0.1, 0.15) is 97.2 Å². The van der Waals surface area contributed by atoms with Crippen molar-refractivity contribution in [2.75, 3.05) is 0 Å². The summed E-state index contributed by atoms with van der Waals surface area (Å²) in [5.41, 5.74) is 3.70. The molecule has 2 unspecified atom stereocenters. The van der Waals surface area contributed by atoms with Gasteiger partial charge in [0.15, 0.2) is 0 Å². The Labute approximate surface area is 177 Å². The molecule has 0 bridgehead atoms. The average molecular weight is 402 g/mol. The standard InChI is InChI=1S/C25H39NOS/c1-7-9-11-12-13-20(5)25(27)26-21(6)22-14-16-23(17-15-22)24(19(3)4)28-18-10-8-2/h10,14-18,20-21H,7-9,11-13H2,1-6H3,(H,26,27)/b18-10-. The van der Waals surface area contributed by atoms with Gasteiger partial charge >= 0.3 is 0 Å². The topological polar surface area (TPSA) is 29.1 Å². The van der Waals surface area contributed by atoms with Crippen LogP contribution in [-0.2, 0) is 4.79 Å². The highest BCUT2D eigenvalue weighted by Gasteiger charge is 2.16. The Morgan fingerprint density at radius 3 is 2.32 bits per heavy atom. The predicted octanol–water partition coefficient (Wildman–Crippen LogP) is 7.88. The molecule has 0 aromatic heterocycles. The Morgan fingerprint density at radius 2 is 1.75 bits per heavy atom. The summed E-state index contributed by atoms with van der Waals surface area (Å²) in [5.74, 6) is 0.246. The molecule has 1 rings (SSSR count). The van der Waals surface area contributed by atoms with Crippen molar-refractivity contribution >= 4 is 22.6 Å². The number of unbranched alkanes of at least 4 members (excludes halogenated alkanes) is 3. The quantitative estimate of drug-likeness (QED) is 0.361. The minimum Gasteiger partial charge on any atom is -0.349 e. The number of carbonyl (C=O) groups is 1. The summed E-state index contributed by atoms with van der Waals surface area (Å²) in [6, 6.07) is 8.64. The van der Waals surface area contributed by atoms with Crippen molar-refractivity contribution in [1.82, 2.24) is 5.32 Å². The van der Waals surface area contributed by atoms with Crippen LogP contribution in [-0.4, -0.2) is 5.91 Å².